The molecule has 38 heavy (non-hydrogen) atoms. The zero-order chi connectivity index (χ0) is 26.1. The molecule has 5 heterocycles. The number of aromatic nitrogens is 3. The van der Waals surface area contributed by atoms with E-state index < -0.39 is 5.82 Å². The summed E-state index contributed by atoms with van der Waals surface area (Å²) >= 11 is 6.26. The van der Waals surface area contributed by atoms with Gasteiger partial charge in [-0.05, 0) is 37.3 Å². The van der Waals surface area contributed by atoms with E-state index in [1.165, 1.54) is 6.07 Å². The van der Waals surface area contributed by atoms with Gasteiger partial charge in [-0.3, -0.25) is 4.98 Å². The first-order valence-electron chi connectivity index (χ1n) is 12.7. The van der Waals surface area contributed by atoms with Crippen molar-refractivity contribution >= 4 is 45.4 Å². The maximum Gasteiger partial charge on any atom is 0.153 e. The SMILES string of the molecule is Cc1c(-c2ccccn2)nc2ccc(Cl)c(F)c2c1Nc1cc(N2CCOCC2)cnc1N1CCOCC1. The van der Waals surface area contributed by atoms with Gasteiger partial charge in [-0.2, -0.15) is 0 Å². The molecule has 2 saturated heterocycles. The standard InChI is InChI=1S/C28H28ClFN6O2/c1-18-26(22-4-2-3-7-31-22)33-21-6-5-20(29)25(30)24(21)27(18)34-23-16-19(35-8-12-37-13-9-35)17-32-28(23)36-10-14-38-15-11-36/h2-7,16-17H,8-15H2,1H3,(H,33,34). The summed E-state index contributed by atoms with van der Waals surface area (Å²) in [5.41, 5.74) is 4.98. The van der Waals surface area contributed by atoms with Crippen molar-refractivity contribution in [3.8, 4) is 11.4 Å². The normalized spacial score (nSPS) is 16.2. The smallest absolute Gasteiger partial charge is 0.153 e. The summed E-state index contributed by atoms with van der Waals surface area (Å²) in [5, 5.41) is 3.94. The predicted molar refractivity (Wildman–Crippen MR) is 148 cm³/mol. The second-order valence-corrected chi connectivity index (χ2v) is 9.73. The van der Waals surface area contributed by atoms with E-state index in [0.29, 0.717) is 67.5 Å². The van der Waals surface area contributed by atoms with Gasteiger partial charge < -0.3 is 24.6 Å². The number of fused-ring (bicyclic) bond motifs is 1. The maximum absolute atomic E-state index is 15.6. The molecular formula is C28H28ClFN6O2. The number of ether oxygens (including phenoxy) is 2. The Hall–Kier alpha value is -3.53. The fraction of sp³-hybridized carbons (Fsp3) is 0.321. The van der Waals surface area contributed by atoms with E-state index in [1.54, 1.807) is 12.3 Å². The van der Waals surface area contributed by atoms with E-state index in [4.69, 9.17) is 31.0 Å². The van der Waals surface area contributed by atoms with Crippen LogP contribution in [0.5, 0.6) is 0 Å². The minimum Gasteiger partial charge on any atom is -0.378 e. The zero-order valence-electron chi connectivity index (χ0n) is 21.1. The molecule has 0 aliphatic carbocycles. The van der Waals surface area contributed by atoms with Crippen molar-refractivity contribution in [3.05, 3.63) is 65.2 Å². The summed E-state index contributed by atoms with van der Waals surface area (Å²) in [7, 11) is 0. The Kier molecular flexibility index (Phi) is 6.97. The van der Waals surface area contributed by atoms with E-state index in [-0.39, 0.29) is 5.02 Å². The molecular weight excluding hydrogens is 507 g/mol. The number of nitrogens with one attached hydrogen (secondary N) is 1. The molecule has 8 nitrogen and oxygen atoms in total. The van der Waals surface area contributed by atoms with Crippen LogP contribution >= 0.6 is 11.6 Å². The second-order valence-electron chi connectivity index (χ2n) is 9.32. The zero-order valence-corrected chi connectivity index (χ0v) is 21.8. The van der Waals surface area contributed by atoms with Gasteiger partial charge in [0.05, 0.1) is 77.0 Å². The van der Waals surface area contributed by atoms with Crippen molar-refractivity contribution in [3.63, 3.8) is 0 Å². The molecule has 1 aromatic carbocycles. The highest BCUT2D eigenvalue weighted by atomic mass is 35.5. The topological polar surface area (TPSA) is 75.6 Å². The van der Waals surface area contributed by atoms with Gasteiger partial charge in [0, 0.05) is 37.9 Å². The van der Waals surface area contributed by atoms with Crippen LogP contribution in [0.1, 0.15) is 5.56 Å². The summed E-state index contributed by atoms with van der Waals surface area (Å²) in [5.74, 6) is 0.275. The van der Waals surface area contributed by atoms with Crippen molar-refractivity contribution in [1.29, 1.82) is 0 Å². The average molecular weight is 535 g/mol. The van der Waals surface area contributed by atoms with E-state index >= 15 is 4.39 Å². The van der Waals surface area contributed by atoms with Crippen LogP contribution in [-0.4, -0.2) is 67.6 Å². The second kappa shape index (κ2) is 10.7. The highest BCUT2D eigenvalue weighted by Gasteiger charge is 2.23. The highest BCUT2D eigenvalue weighted by Crippen LogP contribution is 2.40. The molecule has 3 aromatic heterocycles. The minimum absolute atomic E-state index is 0.0425. The van der Waals surface area contributed by atoms with Crippen molar-refractivity contribution < 1.29 is 13.9 Å². The van der Waals surface area contributed by atoms with Crippen molar-refractivity contribution in [1.82, 2.24) is 15.0 Å². The van der Waals surface area contributed by atoms with Crippen molar-refractivity contribution in [2.45, 2.75) is 6.92 Å². The largest absolute Gasteiger partial charge is 0.378 e. The van der Waals surface area contributed by atoms with Gasteiger partial charge in [0.25, 0.3) is 0 Å². The van der Waals surface area contributed by atoms with E-state index in [0.717, 1.165) is 35.8 Å². The van der Waals surface area contributed by atoms with Gasteiger partial charge >= 0.3 is 0 Å². The number of morpholine rings is 2. The molecule has 0 unspecified atom stereocenters. The first kappa shape index (κ1) is 24.8. The van der Waals surface area contributed by atoms with Crippen LogP contribution in [0.2, 0.25) is 5.02 Å². The molecule has 4 aromatic rings. The average Bonchev–Trinajstić information content (AvgIpc) is 2.97. The molecule has 0 saturated carbocycles. The summed E-state index contributed by atoms with van der Waals surface area (Å²) in [6, 6.07) is 11.0. The minimum atomic E-state index is -0.514. The van der Waals surface area contributed by atoms with Crippen LogP contribution in [-0.2, 0) is 9.47 Å². The van der Waals surface area contributed by atoms with Gasteiger partial charge in [0.1, 0.15) is 0 Å². The third-order valence-corrected chi connectivity index (χ3v) is 7.28. The van der Waals surface area contributed by atoms with Gasteiger partial charge in [0.15, 0.2) is 11.6 Å². The summed E-state index contributed by atoms with van der Waals surface area (Å²) in [4.78, 5) is 18.6. The number of hydrogen-bond donors (Lipinski definition) is 1. The number of rotatable bonds is 5. The molecule has 1 N–H and O–H groups in total. The number of halogens is 2. The number of hydrogen-bond acceptors (Lipinski definition) is 8. The van der Waals surface area contributed by atoms with Crippen LogP contribution < -0.4 is 15.1 Å². The van der Waals surface area contributed by atoms with Gasteiger partial charge in [-0.1, -0.05) is 17.7 Å². The molecule has 2 fully saturated rings. The molecule has 196 valence electrons. The maximum atomic E-state index is 15.6. The first-order chi connectivity index (χ1) is 18.6. The van der Waals surface area contributed by atoms with Crippen LogP contribution in [0, 0.1) is 12.7 Å². The number of anilines is 4. The van der Waals surface area contributed by atoms with Crippen LogP contribution in [0.25, 0.3) is 22.3 Å². The van der Waals surface area contributed by atoms with Crippen LogP contribution in [0.4, 0.5) is 27.3 Å². The first-order valence-corrected chi connectivity index (χ1v) is 13.1. The quantitative estimate of drug-likeness (QED) is 0.374. The monoisotopic (exact) mass is 534 g/mol. The summed E-state index contributed by atoms with van der Waals surface area (Å²) in [6.45, 7) is 7.50. The van der Waals surface area contributed by atoms with Gasteiger partial charge in [-0.15, -0.1) is 0 Å². The highest BCUT2D eigenvalue weighted by molar-refractivity contribution is 6.31. The predicted octanol–water partition coefficient (Wildman–Crippen LogP) is 5.21. The Morgan fingerprint density at radius 2 is 1.68 bits per heavy atom. The van der Waals surface area contributed by atoms with E-state index in [2.05, 4.69) is 26.2 Å². The fourth-order valence-corrected chi connectivity index (χ4v) is 5.14. The Bertz CT molecular complexity index is 1460. The Morgan fingerprint density at radius 1 is 0.947 bits per heavy atom. The lowest BCUT2D eigenvalue weighted by molar-refractivity contribution is 0.122. The number of benzene rings is 1. The lowest BCUT2D eigenvalue weighted by Gasteiger charge is -2.32. The van der Waals surface area contributed by atoms with Crippen LogP contribution in [0.3, 0.4) is 0 Å². The van der Waals surface area contributed by atoms with Gasteiger partial charge in [0.2, 0.25) is 0 Å². The lowest BCUT2D eigenvalue weighted by Crippen LogP contribution is -2.38. The molecule has 2 aliphatic heterocycles. The summed E-state index contributed by atoms with van der Waals surface area (Å²) in [6.07, 6.45) is 3.62. The van der Waals surface area contributed by atoms with Gasteiger partial charge in [-0.25, -0.2) is 14.4 Å². The Morgan fingerprint density at radius 3 is 2.39 bits per heavy atom. The molecule has 6 rings (SSSR count). The molecule has 0 radical (unpaired) electrons. The molecule has 0 bridgehead atoms. The van der Waals surface area contributed by atoms with Crippen molar-refractivity contribution in [2.75, 3.05) is 67.7 Å². The third kappa shape index (κ3) is 4.73. The molecule has 2 aliphatic rings. The van der Waals surface area contributed by atoms with E-state index in [1.807, 2.05) is 31.3 Å². The Balaban J connectivity index is 1.53. The number of pyridine rings is 3. The number of nitrogens with zero attached hydrogens (tertiary/aromatic N) is 5. The summed E-state index contributed by atoms with van der Waals surface area (Å²) < 4.78 is 26.7. The lowest BCUT2D eigenvalue weighted by atomic mass is 10.0. The molecule has 0 amide bonds. The molecule has 0 spiro atoms. The molecule has 10 heteroatoms. The van der Waals surface area contributed by atoms with Crippen molar-refractivity contribution in [2.24, 2.45) is 0 Å². The van der Waals surface area contributed by atoms with Crippen LogP contribution in [0.15, 0.2) is 48.8 Å². The third-order valence-electron chi connectivity index (χ3n) is 6.99. The Labute approximate surface area is 225 Å². The van der Waals surface area contributed by atoms with E-state index in [9.17, 15) is 0 Å². The fourth-order valence-electron chi connectivity index (χ4n) is 4.98. The molecule has 0 atom stereocenters.